The summed E-state index contributed by atoms with van der Waals surface area (Å²) < 4.78 is 1.64. The Hall–Kier alpha value is -1.69. The first-order valence-electron chi connectivity index (χ1n) is 5.22. The fourth-order valence-corrected chi connectivity index (χ4v) is 1.95. The minimum Gasteiger partial charge on any atom is -0.292 e. The minimum atomic E-state index is -0.133. The molecule has 0 aromatic carbocycles. The zero-order valence-corrected chi connectivity index (χ0v) is 10.3. The highest BCUT2D eigenvalue weighted by Gasteiger charge is 2.18. The van der Waals surface area contributed by atoms with E-state index in [4.69, 9.17) is 11.6 Å². The van der Waals surface area contributed by atoms with Crippen molar-refractivity contribution in [2.75, 3.05) is 0 Å². The van der Waals surface area contributed by atoms with Gasteiger partial charge in [0.05, 0.1) is 29.0 Å². The number of Topliss-reactive ketones (excluding diaryl/α,β-unsaturated/α-hetero) is 1. The molecule has 0 saturated heterocycles. The summed E-state index contributed by atoms with van der Waals surface area (Å²) in [4.78, 5) is 11.9. The lowest BCUT2D eigenvalue weighted by Crippen LogP contribution is -2.08. The van der Waals surface area contributed by atoms with Crippen molar-refractivity contribution < 1.29 is 4.79 Å². The Kier molecular flexibility index (Phi) is 3.23. The van der Waals surface area contributed by atoms with Gasteiger partial charge >= 0.3 is 0 Å². The van der Waals surface area contributed by atoms with E-state index >= 15 is 0 Å². The molecular weight excluding hydrogens is 242 g/mol. The average Bonchev–Trinajstić information content (AvgIpc) is 2.92. The molecule has 0 radical (unpaired) electrons. The van der Waals surface area contributed by atoms with Crippen molar-refractivity contribution in [2.24, 2.45) is 7.05 Å². The number of H-pyrrole nitrogens is 1. The molecule has 0 amide bonds. The standard InChI is InChI=1S/C10H12ClN5O/c1-3-6-10(11)8(16(2)14-6)4-9(17)7-5-12-15-13-7/h5H,3-4H2,1-2H3,(H,12,13,15). The van der Waals surface area contributed by atoms with E-state index in [1.165, 1.54) is 6.20 Å². The normalized spacial score (nSPS) is 10.8. The first-order chi connectivity index (χ1) is 8.13. The first-order valence-corrected chi connectivity index (χ1v) is 5.60. The molecule has 90 valence electrons. The van der Waals surface area contributed by atoms with Crippen molar-refractivity contribution in [1.29, 1.82) is 0 Å². The van der Waals surface area contributed by atoms with Crippen LogP contribution in [-0.4, -0.2) is 31.0 Å². The van der Waals surface area contributed by atoms with Crippen molar-refractivity contribution in [2.45, 2.75) is 19.8 Å². The Morgan fingerprint density at radius 1 is 1.59 bits per heavy atom. The number of aromatic nitrogens is 5. The largest absolute Gasteiger partial charge is 0.292 e. The SMILES string of the molecule is CCc1nn(C)c(CC(=O)c2cn[nH]n2)c1Cl. The van der Waals surface area contributed by atoms with Gasteiger partial charge < -0.3 is 0 Å². The van der Waals surface area contributed by atoms with Crippen LogP contribution < -0.4 is 0 Å². The Morgan fingerprint density at radius 3 is 2.88 bits per heavy atom. The summed E-state index contributed by atoms with van der Waals surface area (Å²) in [6, 6.07) is 0. The highest BCUT2D eigenvalue weighted by atomic mass is 35.5. The van der Waals surface area contributed by atoms with Gasteiger partial charge in [-0.25, -0.2) is 0 Å². The zero-order valence-electron chi connectivity index (χ0n) is 9.57. The molecule has 0 aliphatic rings. The quantitative estimate of drug-likeness (QED) is 0.830. The number of rotatable bonds is 4. The Balaban J connectivity index is 2.25. The highest BCUT2D eigenvalue weighted by molar-refractivity contribution is 6.32. The van der Waals surface area contributed by atoms with E-state index in [2.05, 4.69) is 20.5 Å². The smallest absolute Gasteiger partial charge is 0.190 e. The average molecular weight is 254 g/mol. The van der Waals surface area contributed by atoms with E-state index in [9.17, 15) is 4.79 Å². The topological polar surface area (TPSA) is 76.5 Å². The summed E-state index contributed by atoms with van der Waals surface area (Å²) in [6.45, 7) is 1.97. The molecule has 0 saturated carbocycles. The highest BCUT2D eigenvalue weighted by Crippen LogP contribution is 2.21. The predicted molar refractivity (Wildman–Crippen MR) is 62.0 cm³/mol. The molecule has 17 heavy (non-hydrogen) atoms. The number of aryl methyl sites for hydroxylation is 2. The number of aromatic amines is 1. The van der Waals surface area contributed by atoms with Gasteiger partial charge in [0.25, 0.3) is 0 Å². The van der Waals surface area contributed by atoms with Gasteiger partial charge in [-0.1, -0.05) is 18.5 Å². The van der Waals surface area contributed by atoms with Crippen LogP contribution in [0, 0.1) is 0 Å². The van der Waals surface area contributed by atoms with Gasteiger partial charge in [-0.2, -0.15) is 20.5 Å². The van der Waals surface area contributed by atoms with Crippen LogP contribution in [0.25, 0.3) is 0 Å². The number of halogens is 1. The summed E-state index contributed by atoms with van der Waals surface area (Å²) in [6.07, 6.45) is 2.31. The summed E-state index contributed by atoms with van der Waals surface area (Å²) in [7, 11) is 1.77. The maximum atomic E-state index is 11.9. The van der Waals surface area contributed by atoms with Crippen LogP contribution in [0.2, 0.25) is 5.02 Å². The lowest BCUT2D eigenvalue weighted by atomic mass is 10.1. The molecule has 0 spiro atoms. The first kappa shape index (κ1) is 11.8. The molecule has 0 fully saturated rings. The predicted octanol–water partition coefficient (Wildman–Crippen LogP) is 1.18. The molecule has 0 atom stereocenters. The minimum absolute atomic E-state index is 0.133. The molecule has 0 unspecified atom stereocenters. The van der Waals surface area contributed by atoms with E-state index in [0.29, 0.717) is 16.4 Å². The fraction of sp³-hybridized carbons (Fsp3) is 0.400. The van der Waals surface area contributed by atoms with Gasteiger partial charge in [-0.3, -0.25) is 9.48 Å². The second-order valence-electron chi connectivity index (χ2n) is 3.64. The van der Waals surface area contributed by atoms with Crippen molar-refractivity contribution in [3.05, 3.63) is 28.3 Å². The molecule has 0 aliphatic heterocycles. The number of nitrogens with zero attached hydrogens (tertiary/aromatic N) is 4. The third-order valence-electron chi connectivity index (χ3n) is 2.53. The zero-order chi connectivity index (χ0) is 12.4. The summed E-state index contributed by atoms with van der Waals surface area (Å²) in [5.41, 5.74) is 1.81. The maximum Gasteiger partial charge on any atom is 0.190 e. The van der Waals surface area contributed by atoms with Crippen LogP contribution in [-0.2, 0) is 19.9 Å². The molecule has 2 rings (SSSR count). The molecule has 1 N–H and O–H groups in total. The second-order valence-corrected chi connectivity index (χ2v) is 4.02. The number of carbonyl (C=O) groups excluding carboxylic acids is 1. The summed E-state index contributed by atoms with van der Waals surface area (Å²) >= 11 is 6.16. The third-order valence-corrected chi connectivity index (χ3v) is 2.97. The van der Waals surface area contributed by atoms with Crippen molar-refractivity contribution >= 4 is 17.4 Å². The van der Waals surface area contributed by atoms with Crippen LogP contribution in [0.4, 0.5) is 0 Å². The molecule has 0 bridgehead atoms. The van der Waals surface area contributed by atoms with Gasteiger partial charge in [-0.05, 0) is 6.42 Å². The van der Waals surface area contributed by atoms with Crippen molar-refractivity contribution in [1.82, 2.24) is 25.2 Å². The third kappa shape index (κ3) is 2.21. The second kappa shape index (κ2) is 4.67. The van der Waals surface area contributed by atoms with Gasteiger partial charge in [0.1, 0.15) is 5.69 Å². The summed E-state index contributed by atoms with van der Waals surface area (Å²) in [5, 5.41) is 14.6. The van der Waals surface area contributed by atoms with Gasteiger partial charge in [0.2, 0.25) is 0 Å². The number of nitrogens with one attached hydrogen (secondary N) is 1. The molecule has 2 aromatic rings. The van der Waals surface area contributed by atoms with Gasteiger partial charge in [0.15, 0.2) is 5.78 Å². The van der Waals surface area contributed by atoms with E-state index in [1.54, 1.807) is 11.7 Å². The van der Waals surface area contributed by atoms with Gasteiger partial charge in [-0.15, -0.1) is 0 Å². The van der Waals surface area contributed by atoms with Crippen LogP contribution >= 0.6 is 11.6 Å². The van der Waals surface area contributed by atoms with E-state index in [0.717, 1.165) is 12.1 Å². The molecule has 2 heterocycles. The lowest BCUT2D eigenvalue weighted by molar-refractivity contribution is 0.0986. The monoisotopic (exact) mass is 253 g/mol. The Labute approximate surface area is 103 Å². The molecule has 0 aliphatic carbocycles. The van der Waals surface area contributed by atoms with E-state index < -0.39 is 0 Å². The lowest BCUT2D eigenvalue weighted by Gasteiger charge is -1.99. The van der Waals surface area contributed by atoms with E-state index in [1.807, 2.05) is 6.92 Å². The number of hydrogen-bond donors (Lipinski definition) is 1. The molecule has 7 heteroatoms. The fourth-order valence-electron chi connectivity index (χ4n) is 1.59. The Bertz CT molecular complexity index is 531. The van der Waals surface area contributed by atoms with Gasteiger partial charge in [0, 0.05) is 7.05 Å². The number of carbonyl (C=O) groups is 1. The molecular formula is C10H12ClN5O. The maximum absolute atomic E-state index is 11.9. The summed E-state index contributed by atoms with van der Waals surface area (Å²) in [5.74, 6) is -0.133. The van der Waals surface area contributed by atoms with Crippen molar-refractivity contribution in [3.63, 3.8) is 0 Å². The number of hydrogen-bond acceptors (Lipinski definition) is 4. The molecule has 2 aromatic heterocycles. The number of ketones is 1. The van der Waals surface area contributed by atoms with Crippen molar-refractivity contribution in [3.8, 4) is 0 Å². The van der Waals surface area contributed by atoms with Crippen LogP contribution in [0.5, 0.6) is 0 Å². The Morgan fingerprint density at radius 2 is 2.35 bits per heavy atom. The van der Waals surface area contributed by atoms with Crippen LogP contribution in [0.3, 0.4) is 0 Å². The van der Waals surface area contributed by atoms with E-state index in [-0.39, 0.29) is 12.2 Å². The van der Waals surface area contributed by atoms with Crippen LogP contribution in [0.15, 0.2) is 6.20 Å². The molecule has 6 nitrogen and oxygen atoms in total. The van der Waals surface area contributed by atoms with Crippen LogP contribution in [0.1, 0.15) is 28.8 Å².